The van der Waals surface area contributed by atoms with Gasteiger partial charge >= 0.3 is 5.97 Å². The molecule has 0 amide bonds. The van der Waals surface area contributed by atoms with Crippen molar-refractivity contribution in [2.24, 2.45) is 0 Å². The van der Waals surface area contributed by atoms with Crippen LogP contribution in [0.1, 0.15) is 49.8 Å². The van der Waals surface area contributed by atoms with E-state index < -0.39 is 5.97 Å². The predicted molar refractivity (Wildman–Crippen MR) is 136 cm³/mol. The third-order valence-electron chi connectivity index (χ3n) is 6.21. The van der Waals surface area contributed by atoms with E-state index in [1.54, 1.807) is 23.8 Å². The zero-order valence-electron chi connectivity index (χ0n) is 20.9. The first-order chi connectivity index (χ1) is 18.1. The Labute approximate surface area is 215 Å². The number of aromatic nitrogens is 2. The van der Waals surface area contributed by atoms with Crippen molar-refractivity contribution >= 4 is 17.2 Å². The number of aliphatic carboxylic acids is 1. The highest BCUT2D eigenvalue weighted by molar-refractivity contribution is 6.17. The molecule has 4 rings (SSSR count). The number of pyridine rings is 1. The zero-order valence-corrected chi connectivity index (χ0v) is 20.9. The number of nitrogens with zero attached hydrogens (tertiary/aromatic N) is 3. The quantitative estimate of drug-likeness (QED) is 0.127. The summed E-state index contributed by atoms with van der Waals surface area (Å²) in [5.41, 5.74) is 0.974. The molecule has 1 aliphatic rings. The largest absolute Gasteiger partial charge is 0.487 e. The van der Waals surface area contributed by atoms with E-state index in [0.717, 1.165) is 31.2 Å². The van der Waals surface area contributed by atoms with Crippen molar-refractivity contribution in [1.82, 2.24) is 9.38 Å². The van der Waals surface area contributed by atoms with E-state index in [9.17, 15) is 15.2 Å². The highest BCUT2D eigenvalue weighted by atomic mass is 16.5. The van der Waals surface area contributed by atoms with Gasteiger partial charge in [0, 0.05) is 13.3 Å². The lowest BCUT2D eigenvalue weighted by atomic mass is 10.1. The summed E-state index contributed by atoms with van der Waals surface area (Å²) < 4.78 is 24.6. The van der Waals surface area contributed by atoms with E-state index in [2.05, 4.69) is 4.98 Å². The number of hydrogen-bond donors (Lipinski definition) is 1. The van der Waals surface area contributed by atoms with Crippen molar-refractivity contribution in [2.45, 2.75) is 51.2 Å². The van der Waals surface area contributed by atoms with E-state index in [1.807, 2.05) is 42.5 Å². The molecular weight excluding hydrogens is 474 g/mol. The summed E-state index contributed by atoms with van der Waals surface area (Å²) in [5.74, 6) is -1.09. The van der Waals surface area contributed by atoms with Crippen LogP contribution in [0, 0.1) is 11.3 Å². The van der Waals surface area contributed by atoms with Gasteiger partial charge in [0.2, 0.25) is 11.6 Å². The van der Waals surface area contributed by atoms with Gasteiger partial charge in [0.1, 0.15) is 30.6 Å². The normalized spacial score (nSPS) is 14.9. The topological polar surface area (TPSA) is 115 Å². The summed E-state index contributed by atoms with van der Waals surface area (Å²) in [6.07, 6.45) is 8.25. The SMILES string of the molecule is COCCOc1nc2c(OC3CCCCCC3)cccn2c1C(C(=O)O)=C(C#N)OCc1ccccc1. The summed E-state index contributed by atoms with van der Waals surface area (Å²) in [5, 5.41) is 20.1. The molecule has 1 saturated carbocycles. The monoisotopic (exact) mass is 505 g/mol. The van der Waals surface area contributed by atoms with Crippen LogP contribution in [0.15, 0.2) is 54.4 Å². The number of ether oxygens (including phenoxy) is 4. The Hall–Kier alpha value is -4.03. The lowest BCUT2D eigenvalue weighted by molar-refractivity contribution is -0.130. The minimum Gasteiger partial charge on any atom is -0.487 e. The molecule has 194 valence electrons. The molecule has 0 saturated heterocycles. The predicted octanol–water partition coefficient (Wildman–Crippen LogP) is 5.00. The molecule has 1 N–H and O–H groups in total. The zero-order chi connectivity index (χ0) is 26.0. The number of fused-ring (bicyclic) bond motifs is 1. The van der Waals surface area contributed by atoms with Crippen molar-refractivity contribution in [3.63, 3.8) is 0 Å². The molecule has 0 unspecified atom stereocenters. The van der Waals surface area contributed by atoms with Crippen LogP contribution in [0.3, 0.4) is 0 Å². The van der Waals surface area contributed by atoms with Gasteiger partial charge in [0.15, 0.2) is 11.4 Å². The van der Waals surface area contributed by atoms with Gasteiger partial charge < -0.3 is 24.1 Å². The minimum atomic E-state index is -1.34. The summed E-state index contributed by atoms with van der Waals surface area (Å²) in [6, 6.07) is 14.7. The molecule has 0 bridgehead atoms. The highest BCUT2D eigenvalue weighted by Gasteiger charge is 2.29. The third kappa shape index (κ3) is 6.40. The van der Waals surface area contributed by atoms with E-state index >= 15 is 0 Å². The Kier molecular flexibility index (Phi) is 9.00. The van der Waals surface area contributed by atoms with Crippen LogP contribution in [0.25, 0.3) is 11.2 Å². The third-order valence-corrected chi connectivity index (χ3v) is 6.21. The van der Waals surface area contributed by atoms with E-state index in [0.29, 0.717) is 11.4 Å². The highest BCUT2D eigenvalue weighted by Crippen LogP contribution is 2.34. The molecule has 3 aromatic rings. The number of imidazole rings is 1. The number of rotatable bonds is 11. The van der Waals surface area contributed by atoms with E-state index in [-0.39, 0.29) is 48.8 Å². The molecule has 0 atom stereocenters. The summed E-state index contributed by atoms with van der Waals surface area (Å²) in [6.45, 7) is 0.458. The number of carboxylic acid groups (broad SMARTS) is 1. The molecule has 9 heteroatoms. The molecule has 0 radical (unpaired) electrons. The molecule has 0 aliphatic heterocycles. The fourth-order valence-corrected chi connectivity index (χ4v) is 4.40. The number of carboxylic acids is 1. The maximum atomic E-state index is 12.5. The number of allylic oxidation sites excluding steroid dienone is 1. The van der Waals surface area contributed by atoms with Gasteiger partial charge in [-0.15, -0.1) is 0 Å². The van der Waals surface area contributed by atoms with Gasteiger partial charge in [-0.25, -0.2) is 4.79 Å². The Bertz CT molecular complexity index is 1270. The number of hydrogen-bond acceptors (Lipinski definition) is 7. The smallest absolute Gasteiger partial charge is 0.342 e. The van der Waals surface area contributed by atoms with Crippen LogP contribution in [0.4, 0.5) is 0 Å². The molecule has 2 aromatic heterocycles. The van der Waals surface area contributed by atoms with Gasteiger partial charge in [0.05, 0.1) is 12.7 Å². The van der Waals surface area contributed by atoms with Gasteiger partial charge in [-0.05, 0) is 43.4 Å². The Morgan fingerprint density at radius 2 is 1.86 bits per heavy atom. The lowest BCUT2D eigenvalue weighted by Gasteiger charge is -2.17. The molecule has 0 spiro atoms. The van der Waals surface area contributed by atoms with Crippen molar-refractivity contribution in [2.75, 3.05) is 20.3 Å². The maximum absolute atomic E-state index is 12.5. The summed E-state index contributed by atoms with van der Waals surface area (Å²) in [7, 11) is 1.54. The first kappa shape index (κ1) is 26.0. The first-order valence-corrected chi connectivity index (χ1v) is 12.5. The second-order valence-electron chi connectivity index (χ2n) is 8.80. The average Bonchev–Trinajstić information content (AvgIpc) is 3.07. The van der Waals surface area contributed by atoms with Crippen molar-refractivity contribution < 1.29 is 28.8 Å². The van der Waals surface area contributed by atoms with Crippen molar-refractivity contribution in [1.29, 1.82) is 5.26 Å². The number of nitriles is 1. The Morgan fingerprint density at radius 1 is 1.11 bits per heavy atom. The van der Waals surface area contributed by atoms with Crippen LogP contribution in [-0.2, 0) is 20.9 Å². The van der Waals surface area contributed by atoms with Crippen molar-refractivity contribution in [3.8, 4) is 17.7 Å². The number of carbonyl (C=O) groups is 1. The van der Waals surface area contributed by atoms with Crippen LogP contribution in [-0.4, -0.2) is 46.9 Å². The van der Waals surface area contributed by atoms with E-state index in [1.165, 1.54) is 12.8 Å². The molecule has 37 heavy (non-hydrogen) atoms. The molecule has 1 fully saturated rings. The first-order valence-electron chi connectivity index (χ1n) is 12.5. The number of methoxy groups -OCH3 is 1. The molecule has 2 heterocycles. The van der Waals surface area contributed by atoms with E-state index in [4.69, 9.17) is 18.9 Å². The van der Waals surface area contributed by atoms with Crippen LogP contribution >= 0.6 is 0 Å². The van der Waals surface area contributed by atoms with Gasteiger partial charge in [-0.2, -0.15) is 10.2 Å². The average molecular weight is 506 g/mol. The van der Waals surface area contributed by atoms with Gasteiger partial charge in [-0.3, -0.25) is 4.40 Å². The molecule has 1 aromatic carbocycles. The van der Waals surface area contributed by atoms with Crippen LogP contribution < -0.4 is 9.47 Å². The summed E-state index contributed by atoms with van der Waals surface area (Å²) in [4.78, 5) is 17.1. The maximum Gasteiger partial charge on any atom is 0.342 e. The molecular formula is C28H31N3O6. The second kappa shape index (κ2) is 12.8. The Balaban J connectivity index is 1.78. The Morgan fingerprint density at radius 3 is 2.54 bits per heavy atom. The molecule has 9 nitrogen and oxygen atoms in total. The standard InChI is InChI=1S/C28H31N3O6/c1-34-16-17-35-27-25(24(28(32)33)23(18-29)36-19-20-10-5-4-6-11-20)31-15-9-14-22(26(31)30-27)37-21-12-7-2-3-8-13-21/h4-6,9-11,14-15,21H,2-3,7-8,12-13,16-17,19H2,1H3,(H,32,33). The van der Waals surface area contributed by atoms with Crippen LogP contribution in [0.5, 0.6) is 11.6 Å². The fourth-order valence-electron chi connectivity index (χ4n) is 4.40. The van der Waals surface area contributed by atoms with Crippen molar-refractivity contribution in [3.05, 3.63) is 65.7 Å². The minimum absolute atomic E-state index is 0.0349. The second-order valence-corrected chi connectivity index (χ2v) is 8.80. The summed E-state index contributed by atoms with van der Waals surface area (Å²) >= 11 is 0. The van der Waals surface area contributed by atoms with Gasteiger partial charge in [-0.1, -0.05) is 43.2 Å². The fraction of sp³-hybridized carbons (Fsp3) is 0.393. The molecule has 1 aliphatic carbocycles. The lowest BCUT2D eigenvalue weighted by Crippen LogP contribution is -2.15. The number of benzene rings is 1. The van der Waals surface area contributed by atoms with Gasteiger partial charge in [0.25, 0.3) is 0 Å². The van der Waals surface area contributed by atoms with Crippen LogP contribution in [0.2, 0.25) is 0 Å².